The van der Waals surface area contributed by atoms with Crippen LogP contribution in [0.25, 0.3) is 16.0 Å². The zero-order valence-electron chi connectivity index (χ0n) is 12.2. The Bertz CT molecular complexity index is 53.0. The summed E-state index contributed by atoms with van der Waals surface area (Å²) < 4.78 is 0. The molecule has 0 N–H and O–H groups in total. The molecule has 0 saturated heterocycles. The molecule has 0 radical (unpaired) electrons. The molecule has 0 fully saturated rings. The standard InChI is InChI=1S/3C4H10N.In/c3*1-3-5-4-2;/h3*3-4H2,1-2H3;/q3*-1;+3. The van der Waals surface area contributed by atoms with E-state index in [2.05, 4.69) is 16.0 Å². The largest absolute Gasteiger partial charge is 3.00 e. The van der Waals surface area contributed by atoms with Gasteiger partial charge in [0.2, 0.25) is 0 Å². The second-order valence-corrected chi connectivity index (χ2v) is 2.57. The number of hydrogen-bond donors (Lipinski definition) is 0. The van der Waals surface area contributed by atoms with E-state index in [-0.39, 0.29) is 25.8 Å². The molecule has 16 heavy (non-hydrogen) atoms. The van der Waals surface area contributed by atoms with E-state index in [1.54, 1.807) is 0 Å². The van der Waals surface area contributed by atoms with Crippen LogP contribution < -0.4 is 0 Å². The zero-order valence-corrected chi connectivity index (χ0v) is 15.5. The Hall–Kier alpha value is 0.750. The smallest absolute Gasteiger partial charge is 0.663 e. The van der Waals surface area contributed by atoms with Crippen molar-refractivity contribution in [1.29, 1.82) is 0 Å². The average molecular weight is 331 g/mol. The molecule has 0 saturated carbocycles. The predicted molar refractivity (Wildman–Crippen MR) is 79.1 cm³/mol. The first kappa shape index (κ1) is 25.6. The maximum atomic E-state index is 3.97. The van der Waals surface area contributed by atoms with Gasteiger partial charge in [-0.1, -0.05) is 41.5 Å². The summed E-state index contributed by atoms with van der Waals surface area (Å²) >= 11 is 0. The van der Waals surface area contributed by atoms with E-state index in [1.165, 1.54) is 0 Å². The fourth-order valence-electron chi connectivity index (χ4n) is 0.671. The molecule has 0 bridgehead atoms. The minimum absolute atomic E-state index is 0. The Kier molecular flexibility index (Phi) is 57.6. The molecule has 0 aromatic heterocycles. The van der Waals surface area contributed by atoms with E-state index in [0.717, 1.165) is 39.3 Å². The molecule has 0 spiro atoms. The van der Waals surface area contributed by atoms with Gasteiger partial charge in [0.1, 0.15) is 0 Å². The van der Waals surface area contributed by atoms with Gasteiger partial charge < -0.3 is 16.0 Å². The van der Waals surface area contributed by atoms with Gasteiger partial charge in [-0.2, -0.15) is 39.3 Å². The first-order chi connectivity index (χ1) is 7.24. The Morgan fingerprint density at radius 1 is 0.438 bits per heavy atom. The third kappa shape index (κ3) is 61.2. The summed E-state index contributed by atoms with van der Waals surface area (Å²) in [5.41, 5.74) is 0. The molecule has 3 nitrogen and oxygen atoms in total. The molecule has 0 rings (SSSR count). The van der Waals surface area contributed by atoms with E-state index < -0.39 is 0 Å². The van der Waals surface area contributed by atoms with Crippen LogP contribution in [0.5, 0.6) is 0 Å². The monoisotopic (exact) mass is 331 g/mol. The van der Waals surface area contributed by atoms with Gasteiger partial charge in [0.25, 0.3) is 0 Å². The van der Waals surface area contributed by atoms with Crippen LogP contribution in [0.3, 0.4) is 0 Å². The van der Waals surface area contributed by atoms with Crippen molar-refractivity contribution in [3.05, 3.63) is 16.0 Å². The second-order valence-electron chi connectivity index (χ2n) is 2.57. The van der Waals surface area contributed by atoms with Crippen molar-refractivity contribution in [2.45, 2.75) is 41.5 Å². The van der Waals surface area contributed by atoms with Crippen molar-refractivity contribution >= 4 is 25.8 Å². The quantitative estimate of drug-likeness (QED) is 0.710. The summed E-state index contributed by atoms with van der Waals surface area (Å²) in [6, 6.07) is 0. The van der Waals surface area contributed by atoms with Gasteiger partial charge in [-0.3, -0.25) is 0 Å². The maximum absolute atomic E-state index is 3.97. The molecule has 0 aromatic carbocycles. The minimum Gasteiger partial charge on any atom is -0.663 e. The van der Waals surface area contributed by atoms with E-state index >= 15 is 0 Å². The third-order valence-electron chi connectivity index (χ3n) is 1.34. The van der Waals surface area contributed by atoms with E-state index in [1.807, 2.05) is 41.5 Å². The Balaban J connectivity index is -0.0000000655. The van der Waals surface area contributed by atoms with Crippen molar-refractivity contribution in [2.75, 3.05) is 39.3 Å². The van der Waals surface area contributed by atoms with Gasteiger partial charge in [-0.05, 0) is 0 Å². The van der Waals surface area contributed by atoms with Gasteiger partial charge >= 0.3 is 25.8 Å². The predicted octanol–water partition coefficient (Wildman–Crippen LogP) is 3.82. The molecule has 0 aliphatic carbocycles. The summed E-state index contributed by atoms with van der Waals surface area (Å²) in [6.07, 6.45) is 0. The van der Waals surface area contributed by atoms with Crippen LogP contribution in [-0.4, -0.2) is 65.1 Å². The van der Waals surface area contributed by atoms with Crippen LogP contribution in [-0.2, 0) is 0 Å². The van der Waals surface area contributed by atoms with Crippen molar-refractivity contribution in [3.8, 4) is 0 Å². The van der Waals surface area contributed by atoms with E-state index in [4.69, 9.17) is 0 Å². The van der Waals surface area contributed by atoms with Crippen LogP contribution in [0.1, 0.15) is 41.5 Å². The van der Waals surface area contributed by atoms with Gasteiger partial charge in [-0.25, -0.2) is 0 Å². The average Bonchev–Trinajstić information content (AvgIpc) is 2.23. The van der Waals surface area contributed by atoms with Crippen LogP contribution >= 0.6 is 0 Å². The molecule has 0 aromatic rings. The van der Waals surface area contributed by atoms with Gasteiger partial charge in [0.05, 0.1) is 0 Å². The van der Waals surface area contributed by atoms with Gasteiger partial charge in [0, 0.05) is 0 Å². The van der Waals surface area contributed by atoms with Gasteiger partial charge in [-0.15, -0.1) is 0 Å². The molecule has 0 heterocycles. The second kappa shape index (κ2) is 36.0. The molecule has 0 amide bonds. The van der Waals surface area contributed by atoms with Crippen molar-refractivity contribution in [2.24, 2.45) is 0 Å². The molecular formula is C12H30InN3. The number of nitrogens with zero attached hydrogens (tertiary/aromatic N) is 3. The molecule has 0 aliphatic heterocycles. The first-order valence-corrected chi connectivity index (χ1v) is 6.14. The Morgan fingerprint density at radius 3 is 0.562 bits per heavy atom. The van der Waals surface area contributed by atoms with E-state index in [0.29, 0.717) is 0 Å². The first-order valence-electron chi connectivity index (χ1n) is 6.14. The van der Waals surface area contributed by atoms with Crippen molar-refractivity contribution in [1.82, 2.24) is 0 Å². The SMILES string of the molecule is CC[N-]CC.CC[N-]CC.CC[N-]CC.[In+3]. The summed E-state index contributed by atoms with van der Waals surface area (Å²) in [7, 11) is 0. The van der Waals surface area contributed by atoms with Crippen LogP contribution in [0.15, 0.2) is 0 Å². The summed E-state index contributed by atoms with van der Waals surface area (Å²) in [5, 5.41) is 11.9. The summed E-state index contributed by atoms with van der Waals surface area (Å²) in [4.78, 5) is 0. The number of hydrogen-bond acceptors (Lipinski definition) is 0. The van der Waals surface area contributed by atoms with E-state index in [9.17, 15) is 0 Å². The topological polar surface area (TPSA) is 42.3 Å². The molecule has 4 heteroatoms. The Labute approximate surface area is 122 Å². The fraction of sp³-hybridized carbons (Fsp3) is 1.00. The van der Waals surface area contributed by atoms with Crippen molar-refractivity contribution < 1.29 is 0 Å². The summed E-state index contributed by atoms with van der Waals surface area (Å²) in [6.45, 7) is 18.1. The molecule has 96 valence electrons. The summed E-state index contributed by atoms with van der Waals surface area (Å²) in [5.74, 6) is 0. The molecule has 0 aliphatic rings. The van der Waals surface area contributed by atoms with Crippen LogP contribution in [0, 0.1) is 0 Å². The fourth-order valence-corrected chi connectivity index (χ4v) is 0.671. The normalized spacial score (nSPS) is 7.88. The molecule has 0 unspecified atom stereocenters. The number of rotatable bonds is 6. The van der Waals surface area contributed by atoms with Gasteiger partial charge in [0.15, 0.2) is 0 Å². The van der Waals surface area contributed by atoms with Crippen molar-refractivity contribution in [3.63, 3.8) is 0 Å². The Morgan fingerprint density at radius 2 is 0.562 bits per heavy atom. The molecule has 0 atom stereocenters. The zero-order chi connectivity index (χ0) is 12.4. The third-order valence-corrected chi connectivity index (χ3v) is 1.34. The van der Waals surface area contributed by atoms with Crippen LogP contribution in [0.4, 0.5) is 0 Å². The maximum Gasteiger partial charge on any atom is 3.00 e. The van der Waals surface area contributed by atoms with Crippen LogP contribution in [0.2, 0.25) is 0 Å². The minimum atomic E-state index is 0. The molecular weight excluding hydrogens is 301 g/mol.